The first-order chi connectivity index (χ1) is 7.69. The van der Waals surface area contributed by atoms with Crippen molar-refractivity contribution in [3.63, 3.8) is 0 Å². The molecule has 3 nitrogen and oxygen atoms in total. The third-order valence-electron chi connectivity index (χ3n) is 2.18. The fraction of sp³-hybridized carbons (Fsp3) is 0.400. The van der Waals surface area contributed by atoms with Crippen LogP contribution in [0.5, 0.6) is 0 Å². The van der Waals surface area contributed by atoms with Crippen LogP contribution in [0.3, 0.4) is 0 Å². The SMILES string of the molecule is Cc1nn(CCc2nc(CCl)cs2)cc1Cl. The number of nitrogens with zero attached hydrogens (tertiary/aromatic N) is 3. The zero-order valence-electron chi connectivity index (χ0n) is 8.78. The second-order valence-corrected chi connectivity index (χ2v) is 5.06. The topological polar surface area (TPSA) is 30.7 Å². The van der Waals surface area contributed by atoms with Crippen molar-refractivity contribution in [2.24, 2.45) is 0 Å². The molecule has 0 fully saturated rings. The monoisotopic (exact) mass is 275 g/mol. The van der Waals surface area contributed by atoms with Gasteiger partial charge in [0.1, 0.15) is 0 Å². The maximum atomic E-state index is 5.92. The van der Waals surface area contributed by atoms with E-state index < -0.39 is 0 Å². The number of thiazole rings is 1. The Morgan fingerprint density at radius 2 is 2.31 bits per heavy atom. The minimum atomic E-state index is 0.475. The first-order valence-corrected chi connectivity index (χ1v) is 6.67. The molecule has 86 valence electrons. The molecule has 0 unspecified atom stereocenters. The van der Waals surface area contributed by atoms with Crippen LogP contribution in [0.25, 0.3) is 0 Å². The number of aryl methyl sites for hydroxylation is 3. The van der Waals surface area contributed by atoms with Crippen LogP contribution in [0.1, 0.15) is 16.4 Å². The van der Waals surface area contributed by atoms with Gasteiger partial charge in [-0.05, 0) is 6.92 Å². The minimum Gasteiger partial charge on any atom is -0.271 e. The summed E-state index contributed by atoms with van der Waals surface area (Å²) in [6.07, 6.45) is 2.70. The van der Waals surface area contributed by atoms with Gasteiger partial charge in [-0.3, -0.25) is 4.68 Å². The van der Waals surface area contributed by atoms with Crippen LogP contribution in [0.4, 0.5) is 0 Å². The molecule has 0 aliphatic carbocycles. The highest BCUT2D eigenvalue weighted by molar-refractivity contribution is 7.09. The van der Waals surface area contributed by atoms with Crippen LogP contribution in [0.15, 0.2) is 11.6 Å². The molecular weight excluding hydrogens is 265 g/mol. The molecule has 2 aromatic heterocycles. The highest BCUT2D eigenvalue weighted by Gasteiger charge is 2.04. The lowest BCUT2D eigenvalue weighted by atomic mass is 10.4. The molecule has 0 aromatic carbocycles. The van der Waals surface area contributed by atoms with Crippen molar-refractivity contribution < 1.29 is 0 Å². The summed E-state index contributed by atoms with van der Waals surface area (Å²) in [5.41, 5.74) is 1.80. The average Bonchev–Trinajstić information content (AvgIpc) is 2.84. The summed E-state index contributed by atoms with van der Waals surface area (Å²) in [7, 11) is 0. The Labute approximate surface area is 108 Å². The maximum absolute atomic E-state index is 5.92. The Hall–Kier alpha value is -0.580. The van der Waals surface area contributed by atoms with Crippen LogP contribution in [-0.2, 0) is 18.8 Å². The van der Waals surface area contributed by atoms with Gasteiger partial charge in [0.25, 0.3) is 0 Å². The second kappa shape index (κ2) is 5.17. The van der Waals surface area contributed by atoms with Crippen molar-refractivity contribution in [2.75, 3.05) is 0 Å². The zero-order valence-corrected chi connectivity index (χ0v) is 11.1. The van der Waals surface area contributed by atoms with Gasteiger partial charge in [-0.2, -0.15) is 5.10 Å². The van der Waals surface area contributed by atoms with Gasteiger partial charge in [-0.25, -0.2) is 4.98 Å². The van der Waals surface area contributed by atoms with E-state index in [1.54, 1.807) is 11.3 Å². The number of hydrogen-bond acceptors (Lipinski definition) is 3. The molecule has 0 aliphatic rings. The van der Waals surface area contributed by atoms with Crippen molar-refractivity contribution in [3.8, 4) is 0 Å². The third kappa shape index (κ3) is 2.75. The van der Waals surface area contributed by atoms with Crippen LogP contribution >= 0.6 is 34.5 Å². The summed E-state index contributed by atoms with van der Waals surface area (Å²) in [6.45, 7) is 2.69. The first-order valence-electron chi connectivity index (χ1n) is 4.88. The van der Waals surface area contributed by atoms with Gasteiger partial charge >= 0.3 is 0 Å². The molecule has 0 amide bonds. The van der Waals surface area contributed by atoms with E-state index in [4.69, 9.17) is 23.2 Å². The Balaban J connectivity index is 1.96. The van der Waals surface area contributed by atoms with E-state index in [-0.39, 0.29) is 0 Å². The first kappa shape index (κ1) is 11.9. The Morgan fingerprint density at radius 3 is 2.88 bits per heavy atom. The number of hydrogen-bond donors (Lipinski definition) is 0. The molecule has 0 N–H and O–H groups in total. The quantitative estimate of drug-likeness (QED) is 0.802. The highest BCUT2D eigenvalue weighted by Crippen LogP contribution is 2.15. The van der Waals surface area contributed by atoms with Crippen LogP contribution < -0.4 is 0 Å². The summed E-state index contributed by atoms with van der Waals surface area (Å²) >= 11 is 13.2. The summed E-state index contributed by atoms with van der Waals surface area (Å²) in [4.78, 5) is 4.39. The number of alkyl halides is 1. The smallest absolute Gasteiger partial charge is 0.0947 e. The molecule has 0 bridgehead atoms. The Morgan fingerprint density at radius 1 is 1.50 bits per heavy atom. The van der Waals surface area contributed by atoms with Gasteiger partial charge in [0.2, 0.25) is 0 Å². The Kier molecular flexibility index (Phi) is 3.84. The van der Waals surface area contributed by atoms with Gasteiger partial charge in [0.15, 0.2) is 0 Å². The molecule has 2 rings (SSSR count). The van der Waals surface area contributed by atoms with Crippen molar-refractivity contribution in [1.29, 1.82) is 0 Å². The van der Waals surface area contributed by atoms with E-state index in [0.717, 1.165) is 29.4 Å². The Bertz CT molecular complexity index is 459. The second-order valence-electron chi connectivity index (χ2n) is 3.44. The molecule has 0 aliphatic heterocycles. The minimum absolute atomic E-state index is 0.475. The lowest BCUT2D eigenvalue weighted by Crippen LogP contribution is -2.01. The van der Waals surface area contributed by atoms with E-state index >= 15 is 0 Å². The fourth-order valence-corrected chi connectivity index (χ4v) is 2.51. The maximum Gasteiger partial charge on any atom is 0.0947 e. The molecule has 0 saturated heterocycles. The lowest BCUT2D eigenvalue weighted by molar-refractivity contribution is 0.608. The predicted molar refractivity (Wildman–Crippen MR) is 67.3 cm³/mol. The van der Waals surface area contributed by atoms with Crippen molar-refractivity contribution in [2.45, 2.75) is 25.8 Å². The van der Waals surface area contributed by atoms with E-state index in [9.17, 15) is 0 Å². The van der Waals surface area contributed by atoms with Crippen LogP contribution in [0.2, 0.25) is 5.02 Å². The molecule has 0 saturated carbocycles. The van der Waals surface area contributed by atoms with Gasteiger partial charge in [-0.15, -0.1) is 22.9 Å². The van der Waals surface area contributed by atoms with Gasteiger partial charge in [-0.1, -0.05) is 11.6 Å². The van der Waals surface area contributed by atoms with Crippen molar-refractivity contribution in [3.05, 3.63) is 33.0 Å². The summed E-state index contributed by atoms with van der Waals surface area (Å²) in [6, 6.07) is 0. The number of rotatable bonds is 4. The molecule has 0 spiro atoms. The summed E-state index contributed by atoms with van der Waals surface area (Å²) in [5, 5.41) is 8.07. The highest BCUT2D eigenvalue weighted by atomic mass is 35.5. The van der Waals surface area contributed by atoms with E-state index in [1.807, 2.05) is 23.2 Å². The van der Waals surface area contributed by atoms with E-state index in [1.165, 1.54) is 0 Å². The average molecular weight is 276 g/mol. The normalized spacial score (nSPS) is 10.9. The summed E-state index contributed by atoms with van der Waals surface area (Å²) < 4.78 is 1.85. The van der Waals surface area contributed by atoms with E-state index in [2.05, 4.69) is 10.1 Å². The molecule has 16 heavy (non-hydrogen) atoms. The largest absolute Gasteiger partial charge is 0.271 e. The zero-order chi connectivity index (χ0) is 11.5. The van der Waals surface area contributed by atoms with Crippen LogP contribution in [-0.4, -0.2) is 14.8 Å². The fourth-order valence-electron chi connectivity index (χ4n) is 1.34. The molecule has 0 atom stereocenters. The number of halogens is 2. The van der Waals surface area contributed by atoms with Crippen molar-refractivity contribution in [1.82, 2.24) is 14.8 Å². The van der Waals surface area contributed by atoms with Gasteiger partial charge < -0.3 is 0 Å². The molecular formula is C10H11Cl2N3S. The molecule has 0 radical (unpaired) electrons. The number of aromatic nitrogens is 3. The predicted octanol–water partition coefficient (Wildman–Crippen LogP) is 3.28. The standard InChI is InChI=1S/C10H11Cl2N3S/c1-7-9(12)5-15(14-7)3-2-10-13-8(4-11)6-16-10/h5-6H,2-4H2,1H3. The molecule has 2 heterocycles. The third-order valence-corrected chi connectivity index (χ3v) is 3.78. The lowest BCUT2D eigenvalue weighted by Gasteiger charge is -1.97. The van der Waals surface area contributed by atoms with Gasteiger partial charge in [0.05, 0.1) is 27.3 Å². The van der Waals surface area contributed by atoms with Crippen molar-refractivity contribution >= 4 is 34.5 Å². The van der Waals surface area contributed by atoms with Gasteiger partial charge in [0, 0.05) is 24.5 Å². The molecule has 2 aromatic rings. The van der Waals surface area contributed by atoms with E-state index in [0.29, 0.717) is 10.9 Å². The summed E-state index contributed by atoms with van der Waals surface area (Å²) in [5.74, 6) is 0.475. The molecule has 6 heteroatoms. The van der Waals surface area contributed by atoms with Crippen LogP contribution in [0, 0.1) is 6.92 Å².